The molecule has 0 aromatic heterocycles. The Bertz CT molecular complexity index is 1050. The minimum absolute atomic E-state index is 0.0246. The van der Waals surface area contributed by atoms with Crippen LogP contribution in [0.1, 0.15) is 11.1 Å². The Morgan fingerprint density at radius 1 is 0.933 bits per heavy atom. The van der Waals surface area contributed by atoms with E-state index in [1.165, 1.54) is 9.21 Å². The summed E-state index contributed by atoms with van der Waals surface area (Å²) in [6.45, 7) is 2.25. The Balaban J connectivity index is 1.54. The van der Waals surface area contributed by atoms with Crippen molar-refractivity contribution in [3.8, 4) is 0 Å². The minimum atomic E-state index is -3.73. The average Bonchev–Trinajstić information content (AvgIpc) is 2.76. The van der Waals surface area contributed by atoms with Crippen LogP contribution in [0.4, 0.5) is 0 Å². The Morgan fingerprint density at radius 3 is 2.27 bits per heavy atom. The monoisotopic (exact) mass is 427 g/mol. The third-order valence-electron chi connectivity index (χ3n) is 5.94. The number of amides is 2. The predicted molar refractivity (Wildman–Crippen MR) is 112 cm³/mol. The molecule has 2 fully saturated rings. The molecule has 8 heteroatoms. The van der Waals surface area contributed by atoms with E-state index in [1.54, 1.807) is 36.2 Å². The van der Waals surface area contributed by atoms with Gasteiger partial charge in [0.1, 0.15) is 12.1 Å². The summed E-state index contributed by atoms with van der Waals surface area (Å²) in [6, 6.07) is 14.9. The lowest BCUT2D eigenvalue weighted by atomic mass is 9.97. The number of aryl methyl sites for hydroxylation is 1. The van der Waals surface area contributed by atoms with Gasteiger partial charge in [-0.2, -0.15) is 4.31 Å². The summed E-state index contributed by atoms with van der Waals surface area (Å²) in [5, 5.41) is 0. The zero-order chi connectivity index (χ0) is 21.5. The molecule has 0 radical (unpaired) electrons. The van der Waals surface area contributed by atoms with Gasteiger partial charge in [-0.05, 0) is 24.6 Å². The molecule has 0 saturated carbocycles. The lowest BCUT2D eigenvalue weighted by molar-refractivity contribution is -0.162. The van der Waals surface area contributed by atoms with Crippen molar-refractivity contribution in [3.05, 3.63) is 65.7 Å². The van der Waals surface area contributed by atoms with Crippen LogP contribution < -0.4 is 0 Å². The first-order valence-electron chi connectivity index (χ1n) is 9.97. The van der Waals surface area contributed by atoms with Crippen LogP contribution in [0.3, 0.4) is 0 Å². The molecule has 7 nitrogen and oxygen atoms in total. The van der Waals surface area contributed by atoms with Crippen molar-refractivity contribution in [1.29, 1.82) is 0 Å². The second-order valence-electron chi connectivity index (χ2n) is 7.88. The fourth-order valence-corrected chi connectivity index (χ4v) is 5.56. The Kier molecular flexibility index (Phi) is 5.38. The van der Waals surface area contributed by atoms with Crippen LogP contribution in [0.25, 0.3) is 0 Å². The summed E-state index contributed by atoms with van der Waals surface area (Å²) in [4.78, 5) is 29.4. The molecule has 2 aliphatic heterocycles. The van der Waals surface area contributed by atoms with E-state index in [4.69, 9.17) is 0 Å². The van der Waals surface area contributed by atoms with Gasteiger partial charge in [0.15, 0.2) is 0 Å². The van der Waals surface area contributed by atoms with Crippen LogP contribution in [0.2, 0.25) is 0 Å². The molecule has 0 spiro atoms. The molecule has 2 saturated heterocycles. The fraction of sp³-hybridized carbons (Fsp3) is 0.364. The molecule has 0 aliphatic carbocycles. The molecule has 2 heterocycles. The molecule has 2 aliphatic rings. The number of sulfonamides is 1. The number of rotatable bonds is 4. The summed E-state index contributed by atoms with van der Waals surface area (Å²) in [5.41, 5.74) is 1.95. The number of hydrogen-bond acceptors (Lipinski definition) is 4. The predicted octanol–water partition coefficient (Wildman–Crippen LogP) is 1.28. The molecule has 4 rings (SSSR count). The molecule has 2 amide bonds. The first-order valence-corrected chi connectivity index (χ1v) is 11.4. The molecular weight excluding hydrogens is 402 g/mol. The van der Waals surface area contributed by atoms with E-state index in [2.05, 4.69) is 0 Å². The summed E-state index contributed by atoms with van der Waals surface area (Å²) in [7, 11) is -2.10. The SMILES string of the molecule is Cc1ccc(S(=O)(=O)N2CCN3C(=O)[C@H](Cc4ccccc4)N(C)C(=O)[C@H]3C2)cc1. The quantitative estimate of drug-likeness (QED) is 0.737. The van der Waals surface area contributed by atoms with Crippen LogP contribution in [0.5, 0.6) is 0 Å². The van der Waals surface area contributed by atoms with E-state index in [0.717, 1.165) is 11.1 Å². The van der Waals surface area contributed by atoms with Gasteiger partial charge < -0.3 is 9.80 Å². The van der Waals surface area contributed by atoms with Gasteiger partial charge >= 0.3 is 0 Å². The van der Waals surface area contributed by atoms with Crippen molar-refractivity contribution in [2.45, 2.75) is 30.3 Å². The average molecular weight is 428 g/mol. The lowest BCUT2D eigenvalue weighted by Crippen LogP contribution is -2.70. The van der Waals surface area contributed by atoms with Crippen LogP contribution in [0.15, 0.2) is 59.5 Å². The molecular formula is C22H25N3O4S. The number of benzene rings is 2. The number of hydrogen-bond donors (Lipinski definition) is 0. The van der Waals surface area contributed by atoms with Gasteiger partial charge in [0.2, 0.25) is 21.8 Å². The molecule has 2 atom stereocenters. The minimum Gasteiger partial charge on any atom is -0.332 e. The number of likely N-dealkylation sites (N-methyl/N-ethyl adjacent to an activating group) is 1. The van der Waals surface area contributed by atoms with Crippen molar-refractivity contribution in [3.63, 3.8) is 0 Å². The summed E-state index contributed by atoms with van der Waals surface area (Å²) in [6.07, 6.45) is 0.441. The van der Waals surface area contributed by atoms with E-state index in [1.807, 2.05) is 37.3 Å². The second-order valence-corrected chi connectivity index (χ2v) is 9.82. The molecule has 2 aromatic carbocycles. The highest BCUT2D eigenvalue weighted by Gasteiger charge is 2.48. The molecule has 0 N–H and O–H groups in total. The zero-order valence-electron chi connectivity index (χ0n) is 17.1. The lowest BCUT2D eigenvalue weighted by Gasteiger charge is -2.47. The van der Waals surface area contributed by atoms with Crippen LogP contribution in [-0.2, 0) is 26.0 Å². The van der Waals surface area contributed by atoms with Crippen molar-refractivity contribution < 1.29 is 18.0 Å². The van der Waals surface area contributed by atoms with E-state index in [9.17, 15) is 18.0 Å². The number of fused-ring (bicyclic) bond motifs is 1. The third kappa shape index (κ3) is 3.61. The Hall–Kier alpha value is -2.71. The largest absolute Gasteiger partial charge is 0.332 e. The van der Waals surface area contributed by atoms with Crippen molar-refractivity contribution in [2.24, 2.45) is 0 Å². The van der Waals surface area contributed by atoms with E-state index < -0.39 is 22.1 Å². The van der Waals surface area contributed by atoms with Crippen LogP contribution >= 0.6 is 0 Å². The normalized spacial score (nSPS) is 22.9. The summed E-state index contributed by atoms with van der Waals surface area (Å²) < 4.78 is 27.4. The maximum atomic E-state index is 13.1. The number of carbonyl (C=O) groups is 2. The molecule has 0 bridgehead atoms. The number of nitrogens with zero attached hydrogens (tertiary/aromatic N) is 3. The maximum absolute atomic E-state index is 13.1. The standard InChI is InChI=1S/C22H25N3O4S/c1-16-8-10-18(11-9-16)30(28,29)24-12-13-25-20(15-24)21(26)23(2)19(22(25)27)14-17-6-4-3-5-7-17/h3-11,19-20H,12-15H2,1-2H3/t19-,20+/m0/s1. The topological polar surface area (TPSA) is 78.0 Å². The Morgan fingerprint density at radius 2 is 1.60 bits per heavy atom. The van der Waals surface area contributed by atoms with Crippen molar-refractivity contribution in [2.75, 3.05) is 26.7 Å². The van der Waals surface area contributed by atoms with Crippen molar-refractivity contribution >= 4 is 21.8 Å². The van der Waals surface area contributed by atoms with Crippen LogP contribution in [0, 0.1) is 6.92 Å². The van der Waals surface area contributed by atoms with E-state index >= 15 is 0 Å². The molecule has 30 heavy (non-hydrogen) atoms. The molecule has 2 aromatic rings. The van der Waals surface area contributed by atoms with Gasteiger partial charge in [-0.25, -0.2) is 8.42 Å². The highest BCUT2D eigenvalue weighted by molar-refractivity contribution is 7.89. The van der Waals surface area contributed by atoms with Gasteiger partial charge in [0, 0.05) is 33.1 Å². The maximum Gasteiger partial charge on any atom is 0.247 e. The van der Waals surface area contributed by atoms with Gasteiger partial charge in [0.25, 0.3) is 0 Å². The first kappa shape index (κ1) is 20.6. The molecule has 158 valence electrons. The Labute approximate surface area is 176 Å². The van der Waals surface area contributed by atoms with Gasteiger partial charge in [-0.1, -0.05) is 48.0 Å². The highest BCUT2D eigenvalue weighted by Crippen LogP contribution is 2.26. The van der Waals surface area contributed by atoms with E-state index in [-0.39, 0.29) is 36.3 Å². The molecule has 0 unspecified atom stereocenters. The zero-order valence-corrected chi connectivity index (χ0v) is 17.9. The number of piperazine rings is 2. The summed E-state index contributed by atoms with van der Waals surface area (Å²) >= 11 is 0. The van der Waals surface area contributed by atoms with Crippen LogP contribution in [-0.4, -0.2) is 73.1 Å². The second kappa shape index (κ2) is 7.85. The smallest absolute Gasteiger partial charge is 0.247 e. The fourth-order valence-electron chi connectivity index (χ4n) is 4.12. The van der Waals surface area contributed by atoms with E-state index in [0.29, 0.717) is 6.42 Å². The van der Waals surface area contributed by atoms with Gasteiger partial charge in [-0.15, -0.1) is 0 Å². The third-order valence-corrected chi connectivity index (χ3v) is 7.82. The van der Waals surface area contributed by atoms with Gasteiger partial charge in [0.05, 0.1) is 4.90 Å². The summed E-state index contributed by atoms with van der Waals surface area (Å²) in [5.74, 6) is -0.349. The highest BCUT2D eigenvalue weighted by atomic mass is 32.2. The van der Waals surface area contributed by atoms with Gasteiger partial charge in [-0.3, -0.25) is 9.59 Å². The number of carbonyl (C=O) groups excluding carboxylic acids is 2. The van der Waals surface area contributed by atoms with Crippen molar-refractivity contribution in [1.82, 2.24) is 14.1 Å². The first-order chi connectivity index (χ1) is 14.3.